The van der Waals surface area contributed by atoms with Crippen molar-refractivity contribution in [2.75, 3.05) is 6.54 Å². The molecule has 1 aromatic carbocycles. The lowest BCUT2D eigenvalue weighted by molar-refractivity contribution is -0.191. The van der Waals surface area contributed by atoms with E-state index in [1.807, 2.05) is 0 Å². The Balaban J connectivity index is 2.83. The summed E-state index contributed by atoms with van der Waals surface area (Å²) in [4.78, 5) is 0. The molecule has 0 spiro atoms. The second-order valence-electron chi connectivity index (χ2n) is 3.29. The van der Waals surface area contributed by atoms with Gasteiger partial charge in [-0.2, -0.15) is 13.2 Å². The highest BCUT2D eigenvalue weighted by atomic mass is 19.4. The van der Waals surface area contributed by atoms with Crippen LogP contribution in [-0.4, -0.2) is 18.8 Å². The molecule has 0 aliphatic rings. The highest BCUT2D eigenvalue weighted by molar-refractivity contribution is 5.28. The molecule has 0 bridgehead atoms. The minimum atomic E-state index is -4.56. The van der Waals surface area contributed by atoms with Crippen LogP contribution in [0.3, 0.4) is 0 Å². The number of aryl methyl sites for hydroxylation is 1. The van der Waals surface area contributed by atoms with E-state index in [1.54, 1.807) is 0 Å². The van der Waals surface area contributed by atoms with Crippen molar-refractivity contribution in [2.24, 2.45) is 5.73 Å². The Kier molecular flexibility index (Phi) is 3.74. The third-order valence-corrected chi connectivity index (χ3v) is 2.00. The van der Waals surface area contributed by atoms with Crippen molar-refractivity contribution in [2.45, 2.75) is 19.2 Å². The summed E-state index contributed by atoms with van der Waals surface area (Å²) in [6.45, 7) is 0.794. The third kappa shape index (κ3) is 3.10. The van der Waals surface area contributed by atoms with Crippen molar-refractivity contribution >= 4 is 0 Å². The summed E-state index contributed by atoms with van der Waals surface area (Å²) < 4.78 is 54.5. The Morgan fingerprint density at radius 3 is 2.44 bits per heavy atom. The molecule has 0 aromatic heterocycles. The second-order valence-corrected chi connectivity index (χ2v) is 3.29. The van der Waals surface area contributed by atoms with E-state index in [4.69, 9.17) is 5.73 Å². The van der Waals surface area contributed by atoms with Crippen molar-refractivity contribution in [3.8, 4) is 5.75 Å². The van der Waals surface area contributed by atoms with E-state index in [9.17, 15) is 17.6 Å². The van der Waals surface area contributed by atoms with Crippen LogP contribution in [0.4, 0.5) is 17.6 Å². The highest BCUT2D eigenvalue weighted by Crippen LogP contribution is 2.25. The number of halogens is 4. The molecule has 0 saturated heterocycles. The van der Waals surface area contributed by atoms with Crippen LogP contribution in [0.1, 0.15) is 5.56 Å². The molecule has 0 saturated carbocycles. The van der Waals surface area contributed by atoms with Crippen LogP contribution in [-0.2, 0) is 0 Å². The zero-order chi connectivity index (χ0) is 12.3. The van der Waals surface area contributed by atoms with E-state index in [-0.39, 0.29) is 5.75 Å². The van der Waals surface area contributed by atoms with Crippen molar-refractivity contribution in [1.82, 2.24) is 0 Å². The average Bonchev–Trinajstić information content (AvgIpc) is 2.18. The molecule has 0 aliphatic carbocycles. The molecule has 2 nitrogen and oxygen atoms in total. The van der Waals surface area contributed by atoms with E-state index in [1.165, 1.54) is 19.1 Å². The van der Waals surface area contributed by atoms with Crippen LogP contribution in [0.25, 0.3) is 0 Å². The standard InChI is InChI=1S/C10H11F4NO/c1-6-2-3-7(4-8(6)11)16-9(5-15)10(12,13)14/h2-4,9H,5,15H2,1H3. The quantitative estimate of drug-likeness (QED) is 0.819. The van der Waals surface area contributed by atoms with E-state index in [2.05, 4.69) is 4.74 Å². The molecule has 0 fully saturated rings. The molecule has 90 valence electrons. The number of ether oxygens (including phenoxy) is 1. The van der Waals surface area contributed by atoms with Gasteiger partial charge in [0.25, 0.3) is 0 Å². The molecular weight excluding hydrogens is 226 g/mol. The lowest BCUT2D eigenvalue weighted by Crippen LogP contribution is -2.40. The molecule has 1 rings (SSSR count). The molecule has 2 N–H and O–H groups in total. The van der Waals surface area contributed by atoms with Gasteiger partial charge >= 0.3 is 6.18 Å². The van der Waals surface area contributed by atoms with Crippen LogP contribution in [0.5, 0.6) is 5.75 Å². The van der Waals surface area contributed by atoms with Gasteiger partial charge in [0.15, 0.2) is 0 Å². The van der Waals surface area contributed by atoms with Crippen LogP contribution >= 0.6 is 0 Å². The van der Waals surface area contributed by atoms with Crippen LogP contribution < -0.4 is 10.5 Å². The average molecular weight is 237 g/mol. The molecule has 0 heterocycles. The highest BCUT2D eigenvalue weighted by Gasteiger charge is 2.40. The molecule has 1 unspecified atom stereocenters. The number of hydrogen-bond donors (Lipinski definition) is 1. The van der Waals surface area contributed by atoms with Gasteiger partial charge in [-0.05, 0) is 18.6 Å². The summed E-state index contributed by atoms with van der Waals surface area (Å²) >= 11 is 0. The number of nitrogens with two attached hydrogens (primary N) is 1. The molecule has 0 amide bonds. The van der Waals surface area contributed by atoms with Gasteiger partial charge < -0.3 is 10.5 Å². The Morgan fingerprint density at radius 1 is 1.38 bits per heavy atom. The van der Waals surface area contributed by atoms with Gasteiger partial charge in [-0.3, -0.25) is 0 Å². The molecular formula is C10H11F4NO. The van der Waals surface area contributed by atoms with Crippen LogP contribution in [0, 0.1) is 12.7 Å². The lowest BCUT2D eigenvalue weighted by atomic mass is 10.2. The maximum atomic E-state index is 13.0. The third-order valence-electron chi connectivity index (χ3n) is 2.00. The monoisotopic (exact) mass is 237 g/mol. The van der Waals surface area contributed by atoms with Gasteiger partial charge in [0.05, 0.1) is 0 Å². The summed E-state index contributed by atoms with van der Waals surface area (Å²) in [7, 11) is 0. The first-order chi connectivity index (χ1) is 7.34. The molecule has 1 aromatic rings. The summed E-state index contributed by atoms with van der Waals surface area (Å²) in [5.74, 6) is -0.800. The largest absolute Gasteiger partial charge is 0.479 e. The van der Waals surface area contributed by atoms with Crippen LogP contribution in [0.2, 0.25) is 0 Å². The topological polar surface area (TPSA) is 35.2 Å². The van der Waals surface area contributed by atoms with Gasteiger partial charge in [0.2, 0.25) is 6.10 Å². The Bertz CT molecular complexity index is 364. The molecule has 1 atom stereocenters. The lowest BCUT2D eigenvalue weighted by Gasteiger charge is -2.20. The molecule has 0 aliphatic heterocycles. The van der Waals surface area contributed by atoms with Gasteiger partial charge in [0, 0.05) is 12.6 Å². The van der Waals surface area contributed by atoms with Crippen molar-refractivity contribution in [3.05, 3.63) is 29.6 Å². The minimum Gasteiger partial charge on any atom is -0.479 e. The van der Waals surface area contributed by atoms with Gasteiger partial charge in [-0.15, -0.1) is 0 Å². The van der Waals surface area contributed by atoms with Crippen molar-refractivity contribution in [3.63, 3.8) is 0 Å². The first-order valence-corrected chi connectivity index (χ1v) is 4.54. The van der Waals surface area contributed by atoms with E-state index in [0.717, 1.165) is 6.07 Å². The van der Waals surface area contributed by atoms with Gasteiger partial charge in [0.1, 0.15) is 11.6 Å². The van der Waals surface area contributed by atoms with E-state index < -0.39 is 24.6 Å². The van der Waals surface area contributed by atoms with Gasteiger partial charge in [-0.1, -0.05) is 6.07 Å². The smallest absolute Gasteiger partial charge is 0.426 e. The summed E-state index contributed by atoms with van der Waals surface area (Å²) in [6, 6.07) is 3.52. The summed E-state index contributed by atoms with van der Waals surface area (Å²) in [5.41, 5.74) is 5.27. The maximum absolute atomic E-state index is 13.0. The fourth-order valence-electron chi connectivity index (χ4n) is 1.06. The Hall–Kier alpha value is -1.30. The van der Waals surface area contributed by atoms with Crippen LogP contribution in [0.15, 0.2) is 18.2 Å². The predicted molar refractivity (Wildman–Crippen MR) is 50.7 cm³/mol. The van der Waals surface area contributed by atoms with Crippen molar-refractivity contribution < 1.29 is 22.3 Å². The first-order valence-electron chi connectivity index (χ1n) is 4.54. The van der Waals surface area contributed by atoms with E-state index in [0.29, 0.717) is 5.56 Å². The number of rotatable bonds is 3. The summed E-state index contributed by atoms with van der Waals surface area (Å²) in [6.07, 6.45) is -6.68. The molecule has 0 radical (unpaired) electrons. The zero-order valence-electron chi connectivity index (χ0n) is 8.51. The number of benzene rings is 1. The maximum Gasteiger partial charge on any atom is 0.426 e. The number of hydrogen-bond acceptors (Lipinski definition) is 2. The zero-order valence-corrected chi connectivity index (χ0v) is 8.51. The second kappa shape index (κ2) is 4.69. The van der Waals surface area contributed by atoms with Gasteiger partial charge in [-0.25, -0.2) is 4.39 Å². The SMILES string of the molecule is Cc1ccc(OC(CN)C(F)(F)F)cc1F. The fraction of sp³-hybridized carbons (Fsp3) is 0.400. The minimum absolute atomic E-state index is 0.184. The summed E-state index contributed by atoms with van der Waals surface area (Å²) in [5, 5.41) is 0. The Morgan fingerprint density at radius 2 is 2.00 bits per heavy atom. The van der Waals surface area contributed by atoms with Crippen molar-refractivity contribution in [1.29, 1.82) is 0 Å². The normalized spacial score (nSPS) is 13.6. The first kappa shape index (κ1) is 12.8. The number of alkyl halides is 3. The molecule has 16 heavy (non-hydrogen) atoms. The predicted octanol–water partition coefficient (Wildman–Crippen LogP) is 2.40. The molecule has 6 heteroatoms. The van der Waals surface area contributed by atoms with E-state index >= 15 is 0 Å². The Labute approximate surface area is 90.0 Å². The fourth-order valence-corrected chi connectivity index (χ4v) is 1.06.